The number of nitrogens with one attached hydrogen (secondary N) is 1. The van der Waals surface area contributed by atoms with Gasteiger partial charge in [0.25, 0.3) is 5.92 Å². The number of aliphatic carboxylic acids is 1. The lowest BCUT2D eigenvalue weighted by Crippen LogP contribution is -2.31. The first-order chi connectivity index (χ1) is 15.0. The van der Waals surface area contributed by atoms with Crippen molar-refractivity contribution in [2.24, 2.45) is 0 Å². The Balaban J connectivity index is 2.20. The van der Waals surface area contributed by atoms with Crippen LogP contribution in [0.4, 0.5) is 13.2 Å². The summed E-state index contributed by atoms with van der Waals surface area (Å²) in [6.45, 7) is 3.51. The third-order valence-electron chi connectivity index (χ3n) is 5.31. The molecule has 0 aliphatic rings. The summed E-state index contributed by atoms with van der Waals surface area (Å²) < 4.78 is 51.6. The molecule has 1 aromatic carbocycles. The number of H-pyrrole nitrogens is 1. The SMILES string of the molecule is COCC(C)(C)c1c(C(F)(F)CC(=O)O)c2nc3[nH]ncc3cc2n1-c1ccc(F)cc1. The molecule has 168 valence electrons. The number of halogens is 3. The summed E-state index contributed by atoms with van der Waals surface area (Å²) in [5.74, 6) is -5.86. The molecule has 32 heavy (non-hydrogen) atoms. The van der Waals surface area contributed by atoms with Crippen LogP contribution in [0.5, 0.6) is 0 Å². The number of carboxylic acid groups (broad SMARTS) is 1. The van der Waals surface area contributed by atoms with Crippen molar-refractivity contribution < 1.29 is 27.8 Å². The van der Waals surface area contributed by atoms with Gasteiger partial charge in [0.15, 0.2) is 5.65 Å². The van der Waals surface area contributed by atoms with Crippen LogP contribution in [0.1, 0.15) is 31.5 Å². The number of nitrogens with zero attached hydrogens (tertiary/aromatic N) is 3. The van der Waals surface area contributed by atoms with E-state index in [2.05, 4.69) is 15.2 Å². The van der Waals surface area contributed by atoms with Gasteiger partial charge in [-0.3, -0.25) is 9.89 Å². The van der Waals surface area contributed by atoms with E-state index in [0.29, 0.717) is 16.6 Å². The molecule has 10 heteroatoms. The molecule has 0 saturated heterocycles. The zero-order valence-electron chi connectivity index (χ0n) is 17.6. The Bertz CT molecular complexity index is 1310. The number of alkyl halides is 2. The third-order valence-corrected chi connectivity index (χ3v) is 5.31. The topological polar surface area (TPSA) is 93.0 Å². The highest BCUT2D eigenvalue weighted by atomic mass is 19.3. The van der Waals surface area contributed by atoms with Crippen molar-refractivity contribution in [1.82, 2.24) is 19.7 Å². The van der Waals surface area contributed by atoms with E-state index in [1.807, 2.05) is 0 Å². The van der Waals surface area contributed by atoms with Crippen molar-refractivity contribution in [2.45, 2.75) is 31.6 Å². The average molecular weight is 446 g/mol. The molecule has 0 unspecified atom stereocenters. The van der Waals surface area contributed by atoms with Crippen LogP contribution in [0.25, 0.3) is 27.8 Å². The molecule has 0 saturated carbocycles. The number of aromatic nitrogens is 4. The second-order valence-electron chi connectivity index (χ2n) is 8.29. The number of benzene rings is 1. The predicted octanol–water partition coefficient (Wildman–Crippen LogP) is 4.53. The molecular formula is C22H21F3N4O3. The van der Waals surface area contributed by atoms with E-state index in [9.17, 15) is 14.3 Å². The molecule has 0 aliphatic heterocycles. The summed E-state index contributed by atoms with van der Waals surface area (Å²) in [5, 5.41) is 16.3. The van der Waals surface area contributed by atoms with Gasteiger partial charge in [-0.2, -0.15) is 5.10 Å². The molecule has 0 spiro atoms. The van der Waals surface area contributed by atoms with Crippen molar-refractivity contribution in [3.05, 3.63) is 53.6 Å². The van der Waals surface area contributed by atoms with Crippen molar-refractivity contribution in [3.8, 4) is 5.69 Å². The second-order valence-corrected chi connectivity index (χ2v) is 8.29. The van der Waals surface area contributed by atoms with Gasteiger partial charge in [0, 0.05) is 29.3 Å². The van der Waals surface area contributed by atoms with Crippen LogP contribution in [0, 0.1) is 5.82 Å². The van der Waals surface area contributed by atoms with Gasteiger partial charge in [0.2, 0.25) is 0 Å². The summed E-state index contributed by atoms with van der Waals surface area (Å²) in [4.78, 5) is 15.7. The lowest BCUT2D eigenvalue weighted by Gasteiger charge is -2.29. The summed E-state index contributed by atoms with van der Waals surface area (Å²) in [7, 11) is 1.45. The minimum Gasteiger partial charge on any atom is -0.481 e. The number of ether oxygens (including phenoxy) is 1. The van der Waals surface area contributed by atoms with Crippen molar-refractivity contribution >= 4 is 28.0 Å². The van der Waals surface area contributed by atoms with Gasteiger partial charge in [-0.15, -0.1) is 0 Å². The van der Waals surface area contributed by atoms with Crippen molar-refractivity contribution in [1.29, 1.82) is 0 Å². The molecule has 0 atom stereocenters. The zero-order valence-corrected chi connectivity index (χ0v) is 17.6. The fourth-order valence-corrected chi connectivity index (χ4v) is 4.12. The number of aromatic amines is 1. The molecule has 2 N–H and O–H groups in total. The van der Waals surface area contributed by atoms with Crippen LogP contribution in [0.2, 0.25) is 0 Å². The summed E-state index contributed by atoms with van der Waals surface area (Å²) in [5.41, 5.74) is -0.359. The largest absolute Gasteiger partial charge is 0.481 e. The number of carboxylic acids is 1. The summed E-state index contributed by atoms with van der Waals surface area (Å²) in [6, 6.07) is 7.05. The molecule has 0 aliphatic carbocycles. The molecule has 3 aromatic heterocycles. The van der Waals surface area contributed by atoms with E-state index in [1.54, 1.807) is 24.5 Å². The van der Waals surface area contributed by atoms with E-state index >= 15 is 8.78 Å². The van der Waals surface area contributed by atoms with Gasteiger partial charge >= 0.3 is 5.97 Å². The average Bonchev–Trinajstić information content (AvgIpc) is 3.28. The maximum absolute atomic E-state index is 15.5. The highest BCUT2D eigenvalue weighted by molar-refractivity contribution is 5.94. The fourth-order valence-electron chi connectivity index (χ4n) is 4.12. The lowest BCUT2D eigenvalue weighted by atomic mass is 9.85. The highest BCUT2D eigenvalue weighted by Crippen LogP contribution is 2.46. The smallest absolute Gasteiger partial charge is 0.309 e. The van der Waals surface area contributed by atoms with Crippen LogP contribution in [-0.4, -0.2) is 44.5 Å². The number of hydrogen-bond donors (Lipinski definition) is 2. The molecule has 0 bridgehead atoms. The number of fused-ring (bicyclic) bond motifs is 2. The van der Waals surface area contributed by atoms with Crippen molar-refractivity contribution in [2.75, 3.05) is 13.7 Å². The Labute approximate surface area is 180 Å². The van der Waals surface area contributed by atoms with E-state index in [1.165, 1.54) is 37.6 Å². The van der Waals surface area contributed by atoms with Crippen LogP contribution < -0.4 is 0 Å². The van der Waals surface area contributed by atoms with E-state index < -0.39 is 35.1 Å². The minimum atomic E-state index is -3.74. The van der Waals surface area contributed by atoms with Gasteiger partial charge in [0.05, 0.1) is 23.9 Å². The van der Waals surface area contributed by atoms with Crippen LogP contribution >= 0.6 is 0 Å². The Morgan fingerprint density at radius 2 is 1.94 bits per heavy atom. The molecule has 3 heterocycles. The molecule has 4 rings (SSSR count). The molecule has 0 fully saturated rings. The van der Waals surface area contributed by atoms with Gasteiger partial charge < -0.3 is 14.4 Å². The van der Waals surface area contributed by atoms with Crippen LogP contribution in [-0.2, 0) is 20.9 Å². The number of hydrogen-bond acceptors (Lipinski definition) is 4. The third kappa shape index (κ3) is 3.60. The highest BCUT2D eigenvalue weighted by Gasteiger charge is 2.45. The molecule has 0 amide bonds. The maximum atomic E-state index is 15.5. The molecule has 7 nitrogen and oxygen atoms in total. The second kappa shape index (κ2) is 7.63. The van der Waals surface area contributed by atoms with E-state index in [4.69, 9.17) is 4.74 Å². The quantitative estimate of drug-likeness (QED) is 0.435. The summed E-state index contributed by atoms with van der Waals surface area (Å²) >= 11 is 0. The fraction of sp³-hybridized carbons (Fsp3) is 0.318. The maximum Gasteiger partial charge on any atom is 0.309 e. The minimum absolute atomic E-state index is 0.0588. The predicted molar refractivity (Wildman–Crippen MR) is 112 cm³/mol. The summed E-state index contributed by atoms with van der Waals surface area (Å²) in [6.07, 6.45) is 0.104. The number of carbonyl (C=O) groups is 1. The molecule has 0 radical (unpaired) electrons. The monoisotopic (exact) mass is 446 g/mol. The van der Waals surface area contributed by atoms with Crippen molar-refractivity contribution in [3.63, 3.8) is 0 Å². The normalized spacial score (nSPS) is 12.7. The first-order valence-electron chi connectivity index (χ1n) is 9.79. The lowest BCUT2D eigenvalue weighted by molar-refractivity contribution is -0.145. The van der Waals surface area contributed by atoms with E-state index in [-0.39, 0.29) is 23.5 Å². The van der Waals surface area contributed by atoms with E-state index in [0.717, 1.165) is 0 Å². The van der Waals surface area contributed by atoms with Crippen LogP contribution in [0.15, 0.2) is 36.5 Å². The standard InChI is InChI=1S/C22H21F3N4O3/c1-21(2,11-32-3)19-17(22(24,25)9-16(30)31)18-15(8-12-10-26-28-20(12)27-18)29(19)14-6-4-13(23)5-7-14/h4-8,10H,9,11H2,1-3H3,(H,30,31)(H,26,27,28). The first kappa shape index (κ1) is 21.8. The molecular weight excluding hydrogens is 425 g/mol. The van der Waals surface area contributed by atoms with Gasteiger partial charge in [-0.25, -0.2) is 18.2 Å². The number of rotatable bonds is 7. The zero-order chi connectivity index (χ0) is 23.3. The number of pyridine rings is 1. The van der Waals surface area contributed by atoms with Crippen LogP contribution in [0.3, 0.4) is 0 Å². The Hall–Kier alpha value is -3.40. The van der Waals surface area contributed by atoms with Gasteiger partial charge in [0.1, 0.15) is 17.8 Å². The first-order valence-corrected chi connectivity index (χ1v) is 9.79. The van der Waals surface area contributed by atoms with Gasteiger partial charge in [-0.1, -0.05) is 13.8 Å². The van der Waals surface area contributed by atoms with Gasteiger partial charge in [-0.05, 0) is 30.3 Å². The Kier molecular flexibility index (Phi) is 5.20. The molecule has 4 aromatic rings. The Morgan fingerprint density at radius 3 is 2.56 bits per heavy atom. The Morgan fingerprint density at radius 1 is 1.25 bits per heavy atom. The number of methoxy groups -OCH3 is 1.